The number of carbonyl (C=O) groups excluding carboxylic acids is 1. The molecule has 3 atom stereocenters. The van der Waals surface area contributed by atoms with Crippen molar-refractivity contribution < 1.29 is 29.3 Å². The minimum atomic E-state index is -2.06. The number of hydrogen-bond acceptors (Lipinski definition) is 8. The van der Waals surface area contributed by atoms with Crippen LogP contribution in [-0.2, 0) is 4.74 Å². The first-order chi connectivity index (χ1) is 11.2. The molecule has 0 aromatic carbocycles. The molecule has 3 heterocycles. The Bertz CT molecular complexity index is 617. The van der Waals surface area contributed by atoms with Crippen LogP contribution >= 0.6 is 0 Å². The van der Waals surface area contributed by atoms with E-state index in [9.17, 15) is 15.0 Å². The summed E-state index contributed by atoms with van der Waals surface area (Å²) in [6.45, 7) is 3.95. The van der Waals surface area contributed by atoms with Crippen LogP contribution in [-0.4, -0.2) is 75.5 Å². The molecule has 134 valence electrons. The quantitative estimate of drug-likeness (QED) is 0.185. The maximum Gasteiger partial charge on any atom is 0.407 e. The SMILES string of the molecule is CC(C)NC(=O)OC[C@@H]1NC(N)=[N+]2CCC(O)(O)C23NC(N)=[NH+]C13. The van der Waals surface area contributed by atoms with Crippen molar-refractivity contribution in [1.29, 1.82) is 0 Å². The maximum atomic E-state index is 11.7. The van der Waals surface area contributed by atoms with Crippen LogP contribution in [0.1, 0.15) is 20.3 Å². The Balaban J connectivity index is 1.85. The number of guanidine groups is 2. The van der Waals surface area contributed by atoms with Gasteiger partial charge in [-0.3, -0.25) is 21.8 Å². The van der Waals surface area contributed by atoms with Gasteiger partial charge in [-0.05, 0) is 13.8 Å². The van der Waals surface area contributed by atoms with Crippen molar-refractivity contribution >= 4 is 18.0 Å². The summed E-state index contributed by atoms with van der Waals surface area (Å²) in [5, 5.41) is 29.6. The molecule has 0 saturated carbocycles. The molecule has 0 bridgehead atoms. The number of hydrogen-bond donors (Lipinski definition) is 8. The van der Waals surface area contributed by atoms with Gasteiger partial charge < -0.3 is 20.3 Å². The molecular formula is C13H25N7O4+2. The van der Waals surface area contributed by atoms with E-state index >= 15 is 0 Å². The van der Waals surface area contributed by atoms with E-state index in [1.807, 2.05) is 13.8 Å². The van der Waals surface area contributed by atoms with Gasteiger partial charge in [-0.1, -0.05) is 0 Å². The number of carbonyl (C=O) groups is 1. The number of rotatable bonds is 3. The van der Waals surface area contributed by atoms with E-state index in [0.717, 1.165) is 0 Å². The van der Waals surface area contributed by atoms with E-state index < -0.39 is 29.6 Å². The first-order valence-electron chi connectivity index (χ1n) is 7.89. The minimum absolute atomic E-state index is 0.0302. The molecule has 24 heavy (non-hydrogen) atoms. The van der Waals surface area contributed by atoms with Gasteiger partial charge in [-0.2, -0.15) is 0 Å². The summed E-state index contributed by atoms with van der Waals surface area (Å²) >= 11 is 0. The fourth-order valence-electron chi connectivity index (χ4n) is 3.66. The molecule has 3 aliphatic rings. The van der Waals surface area contributed by atoms with Crippen molar-refractivity contribution in [3.63, 3.8) is 0 Å². The minimum Gasteiger partial charge on any atom is -0.446 e. The Morgan fingerprint density at radius 3 is 2.92 bits per heavy atom. The van der Waals surface area contributed by atoms with E-state index in [4.69, 9.17) is 16.2 Å². The first kappa shape index (κ1) is 16.6. The zero-order valence-corrected chi connectivity index (χ0v) is 13.7. The van der Waals surface area contributed by atoms with Gasteiger partial charge in [-0.25, -0.2) is 14.7 Å². The van der Waals surface area contributed by atoms with Crippen LogP contribution in [0.5, 0.6) is 0 Å². The Hall–Kier alpha value is -2.27. The molecule has 2 unspecified atom stereocenters. The highest BCUT2D eigenvalue weighted by Gasteiger charge is 2.74. The zero-order chi connectivity index (χ0) is 17.7. The van der Waals surface area contributed by atoms with Crippen LogP contribution < -0.4 is 32.4 Å². The lowest BCUT2D eigenvalue weighted by atomic mass is 9.87. The topological polar surface area (TPSA) is 172 Å². The molecule has 0 radical (unpaired) electrons. The summed E-state index contributed by atoms with van der Waals surface area (Å²) < 4.78 is 6.85. The molecule has 1 saturated heterocycles. The predicted molar refractivity (Wildman–Crippen MR) is 82.5 cm³/mol. The molecule has 1 fully saturated rings. The Labute approximate surface area is 138 Å². The summed E-state index contributed by atoms with van der Waals surface area (Å²) in [5.41, 5.74) is 10.6. The number of amides is 1. The van der Waals surface area contributed by atoms with Gasteiger partial charge in [0.1, 0.15) is 12.6 Å². The largest absolute Gasteiger partial charge is 0.446 e. The lowest BCUT2D eigenvalue weighted by Gasteiger charge is -2.40. The van der Waals surface area contributed by atoms with Gasteiger partial charge in [0.15, 0.2) is 6.04 Å². The lowest BCUT2D eigenvalue weighted by Crippen LogP contribution is -2.91. The van der Waals surface area contributed by atoms with Crippen molar-refractivity contribution in [2.75, 3.05) is 13.2 Å². The summed E-state index contributed by atoms with van der Waals surface area (Å²) in [4.78, 5) is 14.7. The summed E-state index contributed by atoms with van der Waals surface area (Å²) in [7, 11) is 0. The lowest BCUT2D eigenvalue weighted by molar-refractivity contribution is -0.674. The molecule has 0 aliphatic carbocycles. The molecule has 11 nitrogen and oxygen atoms in total. The van der Waals surface area contributed by atoms with Crippen LogP contribution in [0.15, 0.2) is 0 Å². The molecule has 1 spiro atoms. The highest BCUT2D eigenvalue weighted by atomic mass is 16.5. The molecule has 3 aliphatic heterocycles. The van der Waals surface area contributed by atoms with Crippen molar-refractivity contribution in [3.8, 4) is 0 Å². The maximum absolute atomic E-state index is 11.7. The van der Waals surface area contributed by atoms with Crippen LogP contribution in [0.4, 0.5) is 4.79 Å². The van der Waals surface area contributed by atoms with Gasteiger partial charge in [-0.15, -0.1) is 0 Å². The van der Waals surface area contributed by atoms with Gasteiger partial charge in [0.05, 0.1) is 6.54 Å². The molecule has 1 amide bonds. The van der Waals surface area contributed by atoms with Gasteiger partial charge in [0, 0.05) is 12.5 Å². The summed E-state index contributed by atoms with van der Waals surface area (Å²) in [6, 6.07) is -1.14. The number of aliphatic hydroxyl groups is 2. The third kappa shape index (κ3) is 2.31. The fourth-order valence-corrected chi connectivity index (χ4v) is 3.66. The monoisotopic (exact) mass is 343 g/mol. The fraction of sp³-hybridized carbons (Fsp3) is 0.769. The average molecular weight is 343 g/mol. The molecule has 11 heteroatoms. The summed E-state index contributed by atoms with van der Waals surface area (Å²) in [5.74, 6) is -1.60. The van der Waals surface area contributed by atoms with E-state index in [0.29, 0.717) is 6.54 Å². The van der Waals surface area contributed by atoms with E-state index in [1.54, 1.807) is 4.58 Å². The number of alkyl carbamates (subject to hydrolysis) is 1. The molecule has 0 aromatic heterocycles. The van der Waals surface area contributed by atoms with Crippen LogP contribution in [0.2, 0.25) is 0 Å². The van der Waals surface area contributed by atoms with Crippen LogP contribution in [0.25, 0.3) is 0 Å². The number of nitrogens with one attached hydrogen (secondary N) is 4. The Kier molecular flexibility index (Phi) is 3.72. The van der Waals surface area contributed by atoms with E-state index in [-0.39, 0.29) is 31.0 Å². The van der Waals surface area contributed by atoms with Crippen LogP contribution in [0, 0.1) is 0 Å². The Morgan fingerprint density at radius 1 is 1.54 bits per heavy atom. The van der Waals surface area contributed by atoms with Crippen molar-refractivity contribution in [2.24, 2.45) is 11.5 Å². The number of nitrogens with zero attached hydrogens (tertiary/aromatic N) is 1. The van der Waals surface area contributed by atoms with Gasteiger partial charge in [0.2, 0.25) is 5.79 Å². The number of nitrogens with two attached hydrogens (primary N) is 2. The average Bonchev–Trinajstić information content (AvgIpc) is 2.94. The second kappa shape index (κ2) is 5.38. The standard InChI is InChI=1S/C13H23N7O4/c1-6(2)16-11(21)24-5-7-8-13(19-9(14)18-8)12(22,23)3-4-20(13)10(15)17-7/h6-8,22-23H,3-5H2,1-2H3,(H6,14,15,16,17,18,19,21)/p+2/t7-,8?,13?/m0/s1. The Morgan fingerprint density at radius 2 is 2.25 bits per heavy atom. The third-order valence-corrected chi connectivity index (χ3v) is 4.63. The normalized spacial score (nSPS) is 33.3. The van der Waals surface area contributed by atoms with E-state index in [1.165, 1.54) is 0 Å². The van der Waals surface area contributed by atoms with Crippen molar-refractivity contribution in [2.45, 2.75) is 49.8 Å². The van der Waals surface area contributed by atoms with Crippen molar-refractivity contribution in [1.82, 2.24) is 16.0 Å². The predicted octanol–water partition coefficient (Wildman–Crippen LogP) is -5.43. The second-order valence-corrected chi connectivity index (χ2v) is 6.68. The highest BCUT2D eigenvalue weighted by molar-refractivity contribution is 5.78. The molecule has 3 rings (SSSR count). The zero-order valence-electron chi connectivity index (χ0n) is 13.7. The molecular weight excluding hydrogens is 318 g/mol. The first-order valence-corrected chi connectivity index (χ1v) is 7.89. The van der Waals surface area contributed by atoms with Crippen molar-refractivity contribution in [3.05, 3.63) is 0 Å². The van der Waals surface area contributed by atoms with Gasteiger partial charge >= 0.3 is 18.0 Å². The summed E-state index contributed by atoms with van der Waals surface area (Å²) in [6.07, 6.45) is -0.467. The van der Waals surface area contributed by atoms with E-state index in [2.05, 4.69) is 20.9 Å². The smallest absolute Gasteiger partial charge is 0.407 e. The van der Waals surface area contributed by atoms with Crippen LogP contribution in [0.3, 0.4) is 0 Å². The third-order valence-electron chi connectivity index (χ3n) is 4.63. The molecule has 0 aromatic rings. The van der Waals surface area contributed by atoms with Gasteiger partial charge in [0.25, 0.3) is 5.66 Å². The molecule has 10 N–H and O–H groups in total. The second-order valence-electron chi connectivity index (χ2n) is 6.68. The number of ether oxygens (including phenoxy) is 1. The highest BCUT2D eigenvalue weighted by Crippen LogP contribution is 2.36.